The van der Waals surface area contributed by atoms with Crippen LogP contribution in [0, 0.1) is 6.92 Å². The Kier molecular flexibility index (Phi) is 4.86. The number of thioether (sulfide) groups is 1. The van der Waals surface area contributed by atoms with E-state index >= 15 is 0 Å². The van der Waals surface area contributed by atoms with Gasteiger partial charge in [0.2, 0.25) is 0 Å². The van der Waals surface area contributed by atoms with Gasteiger partial charge in [0.05, 0.1) is 0 Å². The van der Waals surface area contributed by atoms with Crippen LogP contribution < -0.4 is 5.73 Å². The Balaban J connectivity index is 1.84. The molecule has 0 radical (unpaired) electrons. The van der Waals surface area contributed by atoms with Crippen LogP contribution in [0.1, 0.15) is 49.3 Å². The summed E-state index contributed by atoms with van der Waals surface area (Å²) in [5, 5.41) is 0.840. The van der Waals surface area contributed by atoms with Crippen LogP contribution in [0.2, 0.25) is 0 Å². The maximum atomic E-state index is 6.25. The molecule has 1 heterocycles. The molecule has 0 aromatic carbocycles. The van der Waals surface area contributed by atoms with Crippen molar-refractivity contribution < 1.29 is 0 Å². The Morgan fingerprint density at radius 1 is 1.41 bits per heavy atom. The molecule has 0 bridgehead atoms. The number of nitrogens with zero attached hydrogens (tertiary/aromatic N) is 1. The maximum Gasteiger partial charge on any atom is 0.0404 e. The lowest BCUT2D eigenvalue weighted by Gasteiger charge is -2.23. The lowest BCUT2D eigenvalue weighted by atomic mass is 10.0. The summed E-state index contributed by atoms with van der Waals surface area (Å²) in [4.78, 5) is 4.17. The third-order valence-electron chi connectivity index (χ3n) is 3.54. The average molecular weight is 250 g/mol. The van der Waals surface area contributed by atoms with E-state index < -0.39 is 0 Å². The van der Waals surface area contributed by atoms with Crippen molar-refractivity contribution in [3.8, 4) is 0 Å². The highest BCUT2D eigenvalue weighted by Gasteiger charge is 2.16. The van der Waals surface area contributed by atoms with Crippen molar-refractivity contribution in [2.75, 3.05) is 5.75 Å². The quantitative estimate of drug-likeness (QED) is 0.889. The second-order valence-corrected chi connectivity index (χ2v) is 6.27. The highest BCUT2D eigenvalue weighted by Crippen LogP contribution is 2.30. The summed E-state index contributed by atoms with van der Waals surface area (Å²) in [6.45, 7) is 2.11. The van der Waals surface area contributed by atoms with E-state index in [4.69, 9.17) is 5.73 Å². The van der Waals surface area contributed by atoms with Gasteiger partial charge in [-0.05, 0) is 37.0 Å². The third-order valence-corrected chi connectivity index (χ3v) is 5.04. The van der Waals surface area contributed by atoms with Gasteiger partial charge in [0, 0.05) is 29.4 Å². The van der Waals surface area contributed by atoms with Crippen LogP contribution in [0.5, 0.6) is 0 Å². The number of pyridine rings is 1. The van der Waals surface area contributed by atoms with Crippen LogP contribution in [0.25, 0.3) is 0 Å². The van der Waals surface area contributed by atoms with E-state index in [0.717, 1.165) is 11.0 Å². The first-order valence-corrected chi connectivity index (χ1v) is 7.60. The molecule has 94 valence electrons. The lowest BCUT2D eigenvalue weighted by Crippen LogP contribution is -2.18. The zero-order valence-electron chi connectivity index (χ0n) is 10.6. The van der Waals surface area contributed by atoms with Crippen LogP contribution in [-0.4, -0.2) is 16.0 Å². The van der Waals surface area contributed by atoms with Gasteiger partial charge in [0.1, 0.15) is 0 Å². The molecule has 1 unspecified atom stereocenters. The number of hydrogen-bond donors (Lipinski definition) is 1. The molecule has 2 rings (SSSR count). The summed E-state index contributed by atoms with van der Waals surface area (Å²) in [6.07, 6.45) is 10.7. The molecule has 3 heteroatoms. The van der Waals surface area contributed by atoms with E-state index in [0.29, 0.717) is 0 Å². The SMILES string of the molecule is Cc1ccncc1C(N)CSC1CCCCC1. The summed E-state index contributed by atoms with van der Waals surface area (Å²) in [5.41, 5.74) is 8.72. The van der Waals surface area contributed by atoms with Gasteiger partial charge < -0.3 is 5.73 Å². The van der Waals surface area contributed by atoms with Gasteiger partial charge in [0.25, 0.3) is 0 Å². The van der Waals surface area contributed by atoms with E-state index in [1.807, 2.05) is 18.5 Å². The van der Waals surface area contributed by atoms with E-state index in [-0.39, 0.29) is 6.04 Å². The minimum atomic E-state index is 0.135. The molecule has 0 spiro atoms. The highest BCUT2D eigenvalue weighted by atomic mass is 32.2. The monoisotopic (exact) mass is 250 g/mol. The largest absolute Gasteiger partial charge is 0.323 e. The molecule has 2 nitrogen and oxygen atoms in total. The summed E-state index contributed by atoms with van der Waals surface area (Å²) in [7, 11) is 0. The molecule has 1 saturated carbocycles. The molecule has 1 atom stereocenters. The molecule has 1 aromatic heterocycles. The average Bonchev–Trinajstić information content (AvgIpc) is 2.38. The maximum absolute atomic E-state index is 6.25. The number of aromatic nitrogens is 1. The second kappa shape index (κ2) is 6.41. The van der Waals surface area contributed by atoms with Crippen LogP contribution in [0.15, 0.2) is 18.5 Å². The smallest absolute Gasteiger partial charge is 0.0404 e. The third kappa shape index (κ3) is 3.71. The molecule has 0 amide bonds. The molecule has 1 aliphatic rings. The van der Waals surface area contributed by atoms with Crippen molar-refractivity contribution in [3.63, 3.8) is 0 Å². The molecule has 1 fully saturated rings. The number of aryl methyl sites for hydroxylation is 1. The fourth-order valence-electron chi connectivity index (χ4n) is 2.43. The fourth-order valence-corrected chi connectivity index (χ4v) is 3.75. The van der Waals surface area contributed by atoms with Crippen LogP contribution in [0.3, 0.4) is 0 Å². The molecule has 0 saturated heterocycles. The summed E-state index contributed by atoms with van der Waals surface area (Å²) >= 11 is 2.06. The van der Waals surface area contributed by atoms with Gasteiger partial charge in [0.15, 0.2) is 0 Å². The van der Waals surface area contributed by atoms with Crippen molar-refractivity contribution in [2.45, 2.75) is 50.3 Å². The molecule has 17 heavy (non-hydrogen) atoms. The Hall–Kier alpha value is -0.540. The zero-order chi connectivity index (χ0) is 12.1. The minimum Gasteiger partial charge on any atom is -0.323 e. The molecular weight excluding hydrogens is 228 g/mol. The number of hydrogen-bond acceptors (Lipinski definition) is 3. The van der Waals surface area contributed by atoms with Crippen molar-refractivity contribution in [2.24, 2.45) is 5.73 Å². The van der Waals surface area contributed by atoms with Gasteiger partial charge in [-0.3, -0.25) is 4.98 Å². The summed E-state index contributed by atoms with van der Waals surface area (Å²) < 4.78 is 0. The fraction of sp³-hybridized carbons (Fsp3) is 0.643. The van der Waals surface area contributed by atoms with Crippen LogP contribution >= 0.6 is 11.8 Å². The van der Waals surface area contributed by atoms with E-state index in [2.05, 4.69) is 23.7 Å². The number of nitrogens with two attached hydrogens (primary N) is 1. The van der Waals surface area contributed by atoms with Crippen molar-refractivity contribution in [1.82, 2.24) is 4.98 Å². The van der Waals surface area contributed by atoms with Gasteiger partial charge in [-0.15, -0.1) is 0 Å². The summed E-state index contributed by atoms with van der Waals surface area (Å²) in [6, 6.07) is 2.18. The second-order valence-electron chi connectivity index (χ2n) is 4.93. The van der Waals surface area contributed by atoms with Crippen LogP contribution in [-0.2, 0) is 0 Å². The molecule has 1 aliphatic carbocycles. The van der Waals surface area contributed by atoms with Crippen LogP contribution in [0.4, 0.5) is 0 Å². The van der Waals surface area contributed by atoms with Crippen molar-refractivity contribution in [1.29, 1.82) is 0 Å². The van der Waals surface area contributed by atoms with Crippen molar-refractivity contribution >= 4 is 11.8 Å². The molecular formula is C14H22N2S. The number of rotatable bonds is 4. The topological polar surface area (TPSA) is 38.9 Å². The molecule has 0 aliphatic heterocycles. The van der Waals surface area contributed by atoms with E-state index in [9.17, 15) is 0 Å². The van der Waals surface area contributed by atoms with Gasteiger partial charge in [-0.25, -0.2) is 0 Å². The molecule has 1 aromatic rings. The first-order valence-electron chi connectivity index (χ1n) is 6.55. The Bertz CT molecular complexity index is 348. The standard InChI is InChI=1S/C14H22N2S/c1-11-7-8-16-9-13(11)14(15)10-17-12-5-3-2-4-6-12/h7-9,12,14H,2-6,10,15H2,1H3. The zero-order valence-corrected chi connectivity index (χ0v) is 11.4. The van der Waals surface area contributed by atoms with Gasteiger partial charge in [-0.2, -0.15) is 11.8 Å². The van der Waals surface area contributed by atoms with Crippen molar-refractivity contribution in [3.05, 3.63) is 29.6 Å². The predicted molar refractivity (Wildman–Crippen MR) is 75.2 cm³/mol. The Morgan fingerprint density at radius 2 is 2.18 bits per heavy atom. The van der Waals surface area contributed by atoms with Gasteiger partial charge >= 0.3 is 0 Å². The lowest BCUT2D eigenvalue weighted by molar-refractivity contribution is 0.515. The Morgan fingerprint density at radius 3 is 2.88 bits per heavy atom. The molecule has 2 N–H and O–H groups in total. The summed E-state index contributed by atoms with van der Waals surface area (Å²) in [5.74, 6) is 1.02. The van der Waals surface area contributed by atoms with E-state index in [1.54, 1.807) is 0 Å². The highest BCUT2D eigenvalue weighted by molar-refractivity contribution is 7.99. The van der Waals surface area contributed by atoms with Gasteiger partial charge in [-0.1, -0.05) is 19.3 Å². The van der Waals surface area contributed by atoms with E-state index in [1.165, 1.54) is 43.2 Å². The predicted octanol–water partition coefficient (Wildman–Crippen LogP) is 3.46. The minimum absolute atomic E-state index is 0.135. The normalized spacial score (nSPS) is 19.2. The first-order chi connectivity index (χ1) is 8.27. The Labute approximate surface area is 108 Å². The first kappa shape index (κ1) is 12.9.